The van der Waals surface area contributed by atoms with Crippen LogP contribution in [0.4, 0.5) is 13.2 Å². The number of likely N-dealkylation sites (tertiary alicyclic amines) is 1. The van der Waals surface area contributed by atoms with E-state index in [0.717, 1.165) is 0 Å². The molecule has 2 unspecified atom stereocenters. The van der Waals surface area contributed by atoms with Crippen LogP contribution in [0, 0.1) is 5.92 Å². The molecule has 4 N–H and O–H groups in total. The molecule has 1 aromatic rings. The molecule has 32 heavy (non-hydrogen) atoms. The van der Waals surface area contributed by atoms with Gasteiger partial charge in [0.15, 0.2) is 0 Å². The van der Waals surface area contributed by atoms with Crippen molar-refractivity contribution < 1.29 is 32.3 Å². The van der Waals surface area contributed by atoms with Crippen molar-refractivity contribution in [1.82, 2.24) is 15.5 Å². The number of rotatable bonds is 8. The van der Waals surface area contributed by atoms with Crippen molar-refractivity contribution in [3.63, 3.8) is 0 Å². The van der Waals surface area contributed by atoms with Crippen LogP contribution in [0.1, 0.15) is 32.3 Å². The summed E-state index contributed by atoms with van der Waals surface area (Å²) in [6.45, 7) is 3.07. The summed E-state index contributed by atoms with van der Waals surface area (Å²) in [6.07, 6.45) is -4.35. The molecule has 0 spiro atoms. The zero-order valence-corrected chi connectivity index (χ0v) is 18.3. The molecule has 1 fully saturated rings. The van der Waals surface area contributed by atoms with Crippen LogP contribution in [-0.4, -0.2) is 61.6 Å². The molecule has 11 heteroatoms. The minimum absolute atomic E-state index is 0.0638. The summed E-state index contributed by atoms with van der Waals surface area (Å²) >= 11 is 0. The second kappa shape index (κ2) is 10.2. The number of benzene rings is 1. The summed E-state index contributed by atoms with van der Waals surface area (Å²) in [7, 11) is 1.49. The van der Waals surface area contributed by atoms with Crippen molar-refractivity contribution in [2.45, 2.75) is 44.4 Å². The van der Waals surface area contributed by atoms with Gasteiger partial charge in [0.2, 0.25) is 17.7 Å². The van der Waals surface area contributed by atoms with Crippen LogP contribution in [0.15, 0.2) is 24.3 Å². The fourth-order valence-corrected chi connectivity index (χ4v) is 3.53. The van der Waals surface area contributed by atoms with Gasteiger partial charge in [-0.15, -0.1) is 0 Å². The molecule has 2 atom stereocenters. The lowest BCUT2D eigenvalue weighted by Crippen LogP contribution is -2.57. The number of hydrogen-bond acceptors (Lipinski definition) is 5. The number of halogens is 3. The predicted molar refractivity (Wildman–Crippen MR) is 111 cm³/mol. The first-order valence-corrected chi connectivity index (χ1v) is 10.2. The highest BCUT2D eigenvalue weighted by Crippen LogP contribution is 2.34. The van der Waals surface area contributed by atoms with Crippen LogP contribution < -0.4 is 21.1 Å². The molecule has 0 aromatic heterocycles. The number of nitrogens with one attached hydrogen (secondary N) is 2. The Kier molecular flexibility index (Phi) is 8.11. The Morgan fingerprint density at radius 3 is 2.22 bits per heavy atom. The van der Waals surface area contributed by atoms with E-state index < -0.39 is 41.4 Å². The zero-order valence-electron chi connectivity index (χ0n) is 18.3. The van der Waals surface area contributed by atoms with E-state index in [1.54, 1.807) is 29.2 Å². The third-order valence-corrected chi connectivity index (χ3v) is 5.72. The molecular weight excluding hydrogens is 429 g/mol. The number of alkyl halides is 3. The van der Waals surface area contributed by atoms with Gasteiger partial charge >= 0.3 is 6.18 Å². The lowest BCUT2D eigenvalue weighted by molar-refractivity contribution is -0.185. The van der Waals surface area contributed by atoms with Gasteiger partial charge in [-0.05, 0) is 57.5 Å². The van der Waals surface area contributed by atoms with E-state index in [0.29, 0.717) is 11.3 Å². The quantitative estimate of drug-likeness (QED) is 0.543. The van der Waals surface area contributed by atoms with Gasteiger partial charge in [0.05, 0.1) is 19.6 Å². The molecule has 8 nitrogen and oxygen atoms in total. The summed E-state index contributed by atoms with van der Waals surface area (Å²) in [6, 6.07) is 5.44. The van der Waals surface area contributed by atoms with Crippen LogP contribution in [0.5, 0.6) is 5.75 Å². The van der Waals surface area contributed by atoms with Gasteiger partial charge in [-0.25, -0.2) is 0 Å². The topological polar surface area (TPSA) is 114 Å². The Balaban J connectivity index is 1.93. The van der Waals surface area contributed by atoms with Crippen molar-refractivity contribution in [1.29, 1.82) is 0 Å². The van der Waals surface area contributed by atoms with Gasteiger partial charge in [0.25, 0.3) is 0 Å². The first-order valence-electron chi connectivity index (χ1n) is 10.2. The van der Waals surface area contributed by atoms with Crippen molar-refractivity contribution in [3.8, 4) is 5.75 Å². The van der Waals surface area contributed by atoms with E-state index in [2.05, 4.69) is 10.6 Å². The highest BCUT2D eigenvalue weighted by molar-refractivity contribution is 5.94. The number of amides is 3. The minimum atomic E-state index is -4.22. The maximum atomic E-state index is 12.8. The lowest BCUT2D eigenvalue weighted by atomic mass is 9.90. The minimum Gasteiger partial charge on any atom is -0.497 e. The number of carbonyl (C=O) groups excluding carboxylic acids is 3. The average molecular weight is 458 g/mol. The number of nitrogens with zero attached hydrogens (tertiary/aromatic N) is 1. The van der Waals surface area contributed by atoms with E-state index in [1.165, 1.54) is 21.0 Å². The van der Waals surface area contributed by atoms with Gasteiger partial charge < -0.3 is 21.1 Å². The van der Waals surface area contributed by atoms with Crippen LogP contribution in [0.25, 0.3) is 0 Å². The molecule has 0 radical (unpaired) electrons. The van der Waals surface area contributed by atoms with Crippen LogP contribution in [0.2, 0.25) is 0 Å². The molecule has 0 aliphatic carbocycles. The standard InChI is InChI=1S/C21H29F3N4O4/c1-13(26-17(29)12-28-10-8-15(9-11-28)21(22,23)24)18(30)27-20(2,19(25)31)14-4-6-16(32-3)7-5-14/h4-7,13,15H,8-12H2,1-3H3,(H2,25,31)(H,26,29)(H,27,30). The summed E-state index contributed by atoms with van der Waals surface area (Å²) in [4.78, 5) is 38.7. The second-order valence-electron chi connectivity index (χ2n) is 8.09. The van der Waals surface area contributed by atoms with Gasteiger partial charge in [-0.1, -0.05) is 12.1 Å². The van der Waals surface area contributed by atoms with Gasteiger partial charge in [-0.2, -0.15) is 13.2 Å². The second-order valence-corrected chi connectivity index (χ2v) is 8.09. The molecule has 1 aliphatic heterocycles. The molecule has 1 heterocycles. The molecule has 0 bridgehead atoms. The van der Waals surface area contributed by atoms with E-state index in [1.807, 2.05) is 0 Å². The molecule has 178 valence electrons. The van der Waals surface area contributed by atoms with Crippen LogP contribution in [-0.2, 0) is 19.9 Å². The number of primary amides is 1. The van der Waals surface area contributed by atoms with E-state index >= 15 is 0 Å². The molecule has 0 saturated carbocycles. The smallest absolute Gasteiger partial charge is 0.391 e. The van der Waals surface area contributed by atoms with E-state index in [9.17, 15) is 27.6 Å². The Morgan fingerprint density at radius 1 is 1.19 bits per heavy atom. The molecule has 2 rings (SSSR count). The fraction of sp³-hybridized carbons (Fsp3) is 0.571. The normalized spacial score (nSPS) is 18.3. The van der Waals surface area contributed by atoms with Crippen molar-refractivity contribution in [2.24, 2.45) is 11.7 Å². The largest absolute Gasteiger partial charge is 0.497 e. The molecule has 3 amide bonds. The first-order chi connectivity index (χ1) is 14.9. The van der Waals surface area contributed by atoms with Crippen LogP contribution in [0.3, 0.4) is 0 Å². The van der Waals surface area contributed by atoms with Gasteiger partial charge in [0.1, 0.15) is 17.3 Å². The van der Waals surface area contributed by atoms with Crippen LogP contribution >= 0.6 is 0 Å². The zero-order chi connectivity index (χ0) is 24.1. The van der Waals surface area contributed by atoms with Crippen molar-refractivity contribution >= 4 is 17.7 Å². The Bertz CT molecular complexity index is 823. The maximum Gasteiger partial charge on any atom is 0.391 e. The Hall–Kier alpha value is -2.82. The SMILES string of the molecule is COc1ccc(C(C)(NC(=O)C(C)NC(=O)CN2CCC(C(F)(F)F)CC2)C(N)=O)cc1. The third-order valence-electron chi connectivity index (χ3n) is 5.72. The number of ether oxygens (including phenoxy) is 1. The number of hydrogen-bond donors (Lipinski definition) is 3. The monoisotopic (exact) mass is 458 g/mol. The third kappa shape index (κ3) is 6.35. The predicted octanol–water partition coefficient (Wildman–Crippen LogP) is 1.29. The number of carbonyl (C=O) groups is 3. The molecular formula is C21H29F3N4O4. The van der Waals surface area contributed by atoms with E-state index in [-0.39, 0.29) is 32.5 Å². The Morgan fingerprint density at radius 2 is 1.75 bits per heavy atom. The summed E-state index contributed by atoms with van der Waals surface area (Å²) in [5.74, 6) is -2.71. The Labute approximate surface area is 184 Å². The number of methoxy groups -OCH3 is 1. The fourth-order valence-electron chi connectivity index (χ4n) is 3.53. The maximum absolute atomic E-state index is 12.8. The summed E-state index contributed by atoms with van der Waals surface area (Å²) in [5.41, 5.74) is 4.44. The van der Waals surface area contributed by atoms with Crippen molar-refractivity contribution in [3.05, 3.63) is 29.8 Å². The lowest BCUT2D eigenvalue weighted by Gasteiger charge is -2.33. The van der Waals surface area contributed by atoms with Crippen molar-refractivity contribution in [2.75, 3.05) is 26.7 Å². The molecule has 1 saturated heterocycles. The summed E-state index contributed by atoms with van der Waals surface area (Å²) in [5, 5.41) is 5.08. The highest BCUT2D eigenvalue weighted by atomic mass is 19.4. The average Bonchev–Trinajstić information content (AvgIpc) is 2.73. The van der Waals surface area contributed by atoms with E-state index in [4.69, 9.17) is 10.5 Å². The summed E-state index contributed by atoms with van der Waals surface area (Å²) < 4.78 is 43.4. The number of piperidine rings is 1. The van der Waals surface area contributed by atoms with Gasteiger partial charge in [-0.3, -0.25) is 19.3 Å². The number of nitrogens with two attached hydrogens (primary N) is 1. The molecule has 1 aliphatic rings. The first kappa shape index (κ1) is 25.4. The molecule has 1 aromatic carbocycles. The highest BCUT2D eigenvalue weighted by Gasteiger charge is 2.41. The van der Waals surface area contributed by atoms with Gasteiger partial charge in [0, 0.05) is 0 Å².